The fourth-order valence-corrected chi connectivity index (χ4v) is 0.608. The minimum Gasteiger partial charge on any atom is -0.184 e. The largest absolute Gasteiger partial charge is 0.184 e. The standard InChI is InChI=1S/C6H10N3/c1-6(2)5-9-7-3-4-8-9/h3-4H,5H2,1-2H3. The third-order valence-corrected chi connectivity index (χ3v) is 0.924. The van der Waals surface area contributed by atoms with Crippen molar-refractivity contribution in [1.29, 1.82) is 0 Å². The molecule has 0 fully saturated rings. The van der Waals surface area contributed by atoms with E-state index in [0.29, 0.717) is 0 Å². The molecule has 1 rings (SSSR count). The van der Waals surface area contributed by atoms with Gasteiger partial charge in [-0.3, -0.25) is 0 Å². The molecule has 9 heavy (non-hydrogen) atoms. The van der Waals surface area contributed by atoms with Gasteiger partial charge in [0.1, 0.15) is 0 Å². The lowest BCUT2D eigenvalue weighted by molar-refractivity contribution is 0.550. The van der Waals surface area contributed by atoms with Crippen molar-refractivity contribution in [3.63, 3.8) is 0 Å². The lowest BCUT2D eigenvalue weighted by atomic mass is 10.2. The summed E-state index contributed by atoms with van der Waals surface area (Å²) in [5.74, 6) is 1.31. The highest BCUT2D eigenvalue weighted by Gasteiger charge is 1.95. The Bertz CT molecular complexity index is 155. The van der Waals surface area contributed by atoms with Gasteiger partial charge in [0, 0.05) is 0 Å². The van der Waals surface area contributed by atoms with Crippen molar-refractivity contribution < 1.29 is 0 Å². The van der Waals surface area contributed by atoms with E-state index in [1.165, 1.54) is 5.92 Å². The summed E-state index contributed by atoms with van der Waals surface area (Å²) in [7, 11) is 0. The molecule has 1 aromatic rings. The summed E-state index contributed by atoms with van der Waals surface area (Å²) in [6.07, 6.45) is 3.37. The molecule has 0 bridgehead atoms. The summed E-state index contributed by atoms with van der Waals surface area (Å²) in [5.41, 5.74) is 0. The molecule has 0 saturated heterocycles. The second-order valence-corrected chi connectivity index (χ2v) is 2.27. The molecule has 0 aliphatic heterocycles. The van der Waals surface area contributed by atoms with E-state index < -0.39 is 0 Å². The molecule has 0 atom stereocenters. The van der Waals surface area contributed by atoms with Crippen molar-refractivity contribution in [3.05, 3.63) is 18.3 Å². The van der Waals surface area contributed by atoms with Crippen LogP contribution in [0.25, 0.3) is 0 Å². The molecule has 1 radical (unpaired) electrons. The van der Waals surface area contributed by atoms with Crippen LogP contribution in [-0.4, -0.2) is 15.0 Å². The Morgan fingerprint density at radius 3 is 2.33 bits per heavy atom. The molecule has 0 saturated carbocycles. The Kier molecular flexibility index (Phi) is 1.82. The van der Waals surface area contributed by atoms with E-state index in [9.17, 15) is 0 Å². The molecule has 0 aliphatic rings. The van der Waals surface area contributed by atoms with E-state index in [2.05, 4.69) is 24.0 Å². The third-order valence-electron chi connectivity index (χ3n) is 0.924. The predicted octanol–water partition coefficient (Wildman–Crippen LogP) is 0.892. The second kappa shape index (κ2) is 2.62. The van der Waals surface area contributed by atoms with Gasteiger partial charge < -0.3 is 0 Å². The molecule has 0 aliphatic carbocycles. The summed E-state index contributed by atoms with van der Waals surface area (Å²) in [6.45, 7) is 4.94. The normalized spacial score (nSPS) is 10.6. The van der Waals surface area contributed by atoms with E-state index in [0.717, 1.165) is 6.54 Å². The van der Waals surface area contributed by atoms with Crippen LogP contribution in [0.4, 0.5) is 0 Å². The lowest BCUT2D eigenvalue weighted by Gasteiger charge is -2.00. The minimum absolute atomic E-state index is 0.826. The van der Waals surface area contributed by atoms with Gasteiger partial charge in [-0.2, -0.15) is 15.0 Å². The first-order valence-electron chi connectivity index (χ1n) is 2.92. The molecular weight excluding hydrogens is 114 g/mol. The Balaban J connectivity index is 2.48. The average Bonchev–Trinajstić information content (AvgIpc) is 2.15. The first-order valence-corrected chi connectivity index (χ1v) is 2.92. The summed E-state index contributed by atoms with van der Waals surface area (Å²) >= 11 is 0. The summed E-state index contributed by atoms with van der Waals surface area (Å²) in [5, 5.41) is 7.88. The van der Waals surface area contributed by atoms with Crippen molar-refractivity contribution >= 4 is 0 Å². The van der Waals surface area contributed by atoms with Crippen LogP contribution < -0.4 is 0 Å². The fourth-order valence-electron chi connectivity index (χ4n) is 0.608. The molecule has 1 heterocycles. The van der Waals surface area contributed by atoms with Gasteiger partial charge in [-0.1, -0.05) is 13.8 Å². The van der Waals surface area contributed by atoms with Gasteiger partial charge in [0.15, 0.2) is 0 Å². The van der Waals surface area contributed by atoms with E-state index in [1.54, 1.807) is 17.2 Å². The van der Waals surface area contributed by atoms with E-state index >= 15 is 0 Å². The third kappa shape index (κ3) is 1.83. The fraction of sp³-hybridized carbons (Fsp3) is 0.500. The predicted molar refractivity (Wildman–Crippen MR) is 34.6 cm³/mol. The average molecular weight is 124 g/mol. The zero-order chi connectivity index (χ0) is 6.69. The van der Waals surface area contributed by atoms with Crippen LogP contribution in [0.2, 0.25) is 0 Å². The minimum atomic E-state index is 0.826. The van der Waals surface area contributed by atoms with E-state index in [4.69, 9.17) is 0 Å². The topological polar surface area (TPSA) is 30.7 Å². The van der Waals surface area contributed by atoms with Crippen molar-refractivity contribution in [2.24, 2.45) is 0 Å². The van der Waals surface area contributed by atoms with Crippen LogP contribution >= 0.6 is 0 Å². The Morgan fingerprint density at radius 2 is 1.89 bits per heavy atom. The van der Waals surface area contributed by atoms with Crippen molar-refractivity contribution in [2.75, 3.05) is 0 Å². The molecule has 0 unspecified atom stereocenters. The smallest absolute Gasteiger partial charge is 0.0693 e. The van der Waals surface area contributed by atoms with Crippen LogP contribution in [0.3, 0.4) is 0 Å². The van der Waals surface area contributed by atoms with Crippen molar-refractivity contribution in [2.45, 2.75) is 20.4 Å². The SMILES string of the molecule is C[C](C)Cn1nccn1. The Morgan fingerprint density at radius 1 is 1.33 bits per heavy atom. The summed E-state index contributed by atoms with van der Waals surface area (Å²) < 4.78 is 0. The van der Waals surface area contributed by atoms with Crippen molar-refractivity contribution in [3.8, 4) is 0 Å². The van der Waals surface area contributed by atoms with Gasteiger partial charge in [-0.05, 0) is 5.92 Å². The van der Waals surface area contributed by atoms with Crippen LogP contribution in [0, 0.1) is 5.92 Å². The van der Waals surface area contributed by atoms with E-state index in [1.807, 2.05) is 0 Å². The molecule has 3 nitrogen and oxygen atoms in total. The monoisotopic (exact) mass is 124 g/mol. The van der Waals surface area contributed by atoms with Crippen molar-refractivity contribution in [1.82, 2.24) is 15.0 Å². The number of aromatic nitrogens is 3. The highest BCUT2D eigenvalue weighted by atomic mass is 15.5. The first kappa shape index (κ1) is 6.26. The van der Waals surface area contributed by atoms with Crippen LogP contribution in [-0.2, 0) is 6.54 Å². The first-order chi connectivity index (χ1) is 4.29. The molecule has 0 aromatic carbocycles. The Labute approximate surface area is 54.7 Å². The van der Waals surface area contributed by atoms with Gasteiger partial charge in [0.25, 0.3) is 0 Å². The maximum absolute atomic E-state index is 3.94. The molecular formula is C6H10N3. The highest BCUT2D eigenvalue weighted by Crippen LogP contribution is 1.96. The number of hydrogen-bond donors (Lipinski definition) is 0. The molecule has 0 amide bonds. The number of rotatable bonds is 2. The molecule has 0 spiro atoms. The van der Waals surface area contributed by atoms with Gasteiger partial charge >= 0.3 is 0 Å². The summed E-state index contributed by atoms with van der Waals surface area (Å²) in [6, 6.07) is 0. The highest BCUT2D eigenvalue weighted by molar-refractivity contribution is 4.75. The zero-order valence-electron chi connectivity index (χ0n) is 5.70. The number of hydrogen-bond acceptors (Lipinski definition) is 2. The zero-order valence-corrected chi connectivity index (χ0v) is 5.70. The lowest BCUT2D eigenvalue weighted by Crippen LogP contribution is -2.05. The van der Waals surface area contributed by atoms with E-state index in [-0.39, 0.29) is 0 Å². The molecule has 49 valence electrons. The van der Waals surface area contributed by atoms with Gasteiger partial charge in [0.2, 0.25) is 0 Å². The van der Waals surface area contributed by atoms with Crippen LogP contribution in [0.5, 0.6) is 0 Å². The maximum atomic E-state index is 3.94. The van der Waals surface area contributed by atoms with Gasteiger partial charge in [0.05, 0.1) is 18.9 Å². The molecule has 1 aromatic heterocycles. The molecule has 0 N–H and O–H groups in total. The van der Waals surface area contributed by atoms with Gasteiger partial charge in [-0.25, -0.2) is 0 Å². The Hall–Kier alpha value is -0.860. The second-order valence-electron chi connectivity index (χ2n) is 2.27. The van der Waals surface area contributed by atoms with Crippen LogP contribution in [0.15, 0.2) is 12.4 Å². The quantitative estimate of drug-likeness (QED) is 0.586. The number of nitrogens with zero attached hydrogens (tertiary/aromatic N) is 3. The summed E-state index contributed by atoms with van der Waals surface area (Å²) in [4.78, 5) is 1.66. The van der Waals surface area contributed by atoms with Crippen LogP contribution in [0.1, 0.15) is 13.8 Å². The maximum Gasteiger partial charge on any atom is 0.0693 e. The van der Waals surface area contributed by atoms with Gasteiger partial charge in [-0.15, -0.1) is 0 Å². The molecule has 3 heteroatoms.